The number of rotatable bonds is 0. The molecular weight excluding hydrogens is 284 g/mol. The predicted octanol–water partition coefficient (Wildman–Crippen LogP) is 3.73. The van der Waals surface area contributed by atoms with E-state index in [2.05, 4.69) is 46.6 Å². The molecule has 0 aliphatic rings. The summed E-state index contributed by atoms with van der Waals surface area (Å²) in [6.07, 6.45) is 1.83. The number of hydrogen-bond acceptors (Lipinski definition) is 0. The largest absolute Gasteiger partial charge is 0.360 e. The van der Waals surface area contributed by atoms with Crippen molar-refractivity contribution in [2.24, 2.45) is 0 Å². The fourth-order valence-electron chi connectivity index (χ4n) is 1.34. The van der Waals surface area contributed by atoms with Gasteiger partial charge in [0.2, 0.25) is 0 Å². The molecule has 0 atom stereocenters. The number of aryl methyl sites for hydroxylation is 1. The molecule has 0 fully saturated rings. The molecular formula is C9H7ClIN. The van der Waals surface area contributed by atoms with Crippen LogP contribution in [0.5, 0.6) is 0 Å². The third-order valence-corrected chi connectivity index (χ3v) is 2.84. The molecule has 0 amide bonds. The minimum absolute atomic E-state index is 0.798. The van der Waals surface area contributed by atoms with E-state index in [1.165, 1.54) is 9.13 Å². The van der Waals surface area contributed by atoms with E-state index in [1.54, 1.807) is 0 Å². The second-order valence-corrected chi connectivity index (χ2v) is 4.43. The van der Waals surface area contributed by atoms with Crippen molar-refractivity contribution in [3.05, 3.63) is 32.5 Å². The summed E-state index contributed by atoms with van der Waals surface area (Å²) in [4.78, 5) is 3.15. The van der Waals surface area contributed by atoms with Gasteiger partial charge in [0.15, 0.2) is 0 Å². The number of nitrogens with one attached hydrogen (secondary N) is 1. The maximum Gasteiger partial charge on any atom is 0.0659 e. The van der Waals surface area contributed by atoms with Crippen molar-refractivity contribution in [1.82, 2.24) is 4.98 Å². The fourth-order valence-corrected chi connectivity index (χ4v) is 2.32. The zero-order valence-corrected chi connectivity index (χ0v) is 9.40. The smallest absolute Gasteiger partial charge is 0.0659 e. The van der Waals surface area contributed by atoms with Gasteiger partial charge in [0.25, 0.3) is 0 Å². The van der Waals surface area contributed by atoms with Gasteiger partial charge in [-0.05, 0) is 47.2 Å². The van der Waals surface area contributed by atoms with Gasteiger partial charge < -0.3 is 4.98 Å². The molecule has 0 aliphatic carbocycles. The minimum Gasteiger partial charge on any atom is -0.360 e. The second kappa shape index (κ2) is 2.92. The van der Waals surface area contributed by atoms with Gasteiger partial charge in [-0.2, -0.15) is 0 Å². The van der Waals surface area contributed by atoms with E-state index in [4.69, 9.17) is 11.6 Å². The summed E-state index contributed by atoms with van der Waals surface area (Å²) in [6.45, 7) is 2.08. The highest BCUT2D eigenvalue weighted by atomic mass is 127. The first kappa shape index (κ1) is 8.38. The topological polar surface area (TPSA) is 15.8 Å². The van der Waals surface area contributed by atoms with E-state index in [1.807, 2.05) is 6.20 Å². The van der Waals surface area contributed by atoms with Crippen LogP contribution in [0.25, 0.3) is 10.9 Å². The number of H-pyrrole nitrogens is 1. The second-order valence-electron chi connectivity index (χ2n) is 2.78. The predicted molar refractivity (Wildman–Crippen MR) is 60.8 cm³/mol. The van der Waals surface area contributed by atoms with Crippen LogP contribution in [-0.4, -0.2) is 4.98 Å². The summed E-state index contributed by atoms with van der Waals surface area (Å²) in [5, 5.41) is 1.91. The van der Waals surface area contributed by atoms with Crippen LogP contribution in [0.4, 0.5) is 0 Å². The van der Waals surface area contributed by atoms with Crippen molar-refractivity contribution in [3.63, 3.8) is 0 Å². The summed E-state index contributed by atoms with van der Waals surface area (Å²) < 4.78 is 1.22. The van der Waals surface area contributed by atoms with Crippen molar-refractivity contribution >= 4 is 45.1 Å². The lowest BCUT2D eigenvalue weighted by Gasteiger charge is -1.97. The van der Waals surface area contributed by atoms with E-state index in [0.29, 0.717) is 0 Å². The maximum absolute atomic E-state index is 5.98. The van der Waals surface area contributed by atoms with Crippen LogP contribution in [0.15, 0.2) is 18.3 Å². The van der Waals surface area contributed by atoms with Crippen molar-refractivity contribution in [2.75, 3.05) is 0 Å². The quantitative estimate of drug-likeness (QED) is 0.712. The molecule has 12 heavy (non-hydrogen) atoms. The lowest BCUT2D eigenvalue weighted by molar-refractivity contribution is 1.41. The Morgan fingerprint density at radius 3 is 2.92 bits per heavy atom. The number of fused-ring (bicyclic) bond motifs is 1. The summed E-state index contributed by atoms with van der Waals surface area (Å²) in [7, 11) is 0. The summed E-state index contributed by atoms with van der Waals surface area (Å²) >= 11 is 8.28. The molecule has 0 saturated heterocycles. The van der Waals surface area contributed by atoms with Crippen LogP contribution >= 0.6 is 34.2 Å². The van der Waals surface area contributed by atoms with Gasteiger partial charge in [-0.15, -0.1) is 0 Å². The number of aromatic amines is 1. The van der Waals surface area contributed by atoms with E-state index in [0.717, 1.165) is 15.9 Å². The fraction of sp³-hybridized carbons (Fsp3) is 0.111. The van der Waals surface area contributed by atoms with Gasteiger partial charge in [-0.3, -0.25) is 0 Å². The Balaban J connectivity index is 2.92. The Hall–Kier alpha value is -0.220. The van der Waals surface area contributed by atoms with Crippen LogP contribution in [0, 0.1) is 10.5 Å². The molecule has 2 aromatic rings. The zero-order chi connectivity index (χ0) is 8.72. The van der Waals surface area contributed by atoms with Crippen molar-refractivity contribution < 1.29 is 0 Å². The molecule has 1 aromatic carbocycles. The molecule has 1 N–H and O–H groups in total. The van der Waals surface area contributed by atoms with Gasteiger partial charge in [0, 0.05) is 20.7 Å². The number of benzene rings is 1. The normalized spacial score (nSPS) is 10.9. The summed E-state index contributed by atoms with van der Waals surface area (Å²) in [5.74, 6) is 0. The average molecular weight is 292 g/mol. The number of hydrogen-bond donors (Lipinski definition) is 1. The van der Waals surface area contributed by atoms with Crippen LogP contribution in [0.3, 0.4) is 0 Å². The van der Waals surface area contributed by atoms with Gasteiger partial charge in [0.1, 0.15) is 0 Å². The Labute approximate surface area is 89.3 Å². The van der Waals surface area contributed by atoms with Crippen LogP contribution in [0.1, 0.15) is 5.56 Å². The number of halogens is 2. The Morgan fingerprint density at radius 2 is 2.17 bits per heavy atom. The third-order valence-electron chi connectivity index (χ3n) is 1.90. The van der Waals surface area contributed by atoms with E-state index >= 15 is 0 Å². The van der Waals surface area contributed by atoms with E-state index in [9.17, 15) is 0 Å². The van der Waals surface area contributed by atoms with Gasteiger partial charge in [0.05, 0.1) is 5.02 Å². The maximum atomic E-state index is 5.98. The molecule has 1 nitrogen and oxygen atoms in total. The van der Waals surface area contributed by atoms with Gasteiger partial charge in [-0.1, -0.05) is 11.6 Å². The number of aromatic nitrogens is 1. The van der Waals surface area contributed by atoms with Gasteiger partial charge in [-0.25, -0.2) is 0 Å². The molecule has 62 valence electrons. The van der Waals surface area contributed by atoms with Crippen molar-refractivity contribution in [1.29, 1.82) is 0 Å². The Bertz CT molecular complexity index is 433. The molecule has 2 rings (SSSR count). The molecule has 0 unspecified atom stereocenters. The van der Waals surface area contributed by atoms with Crippen LogP contribution in [0.2, 0.25) is 5.02 Å². The first-order valence-electron chi connectivity index (χ1n) is 3.61. The highest BCUT2D eigenvalue weighted by Gasteiger charge is 2.04. The highest BCUT2D eigenvalue weighted by molar-refractivity contribution is 14.1. The monoisotopic (exact) mass is 291 g/mol. The molecule has 0 spiro atoms. The molecule has 3 heteroatoms. The van der Waals surface area contributed by atoms with Crippen molar-refractivity contribution in [2.45, 2.75) is 6.92 Å². The van der Waals surface area contributed by atoms with Crippen LogP contribution < -0.4 is 0 Å². The minimum atomic E-state index is 0.798. The lowest BCUT2D eigenvalue weighted by atomic mass is 10.2. The summed E-state index contributed by atoms with van der Waals surface area (Å²) in [6, 6.07) is 4.22. The molecule has 1 aromatic heterocycles. The van der Waals surface area contributed by atoms with E-state index in [-0.39, 0.29) is 0 Å². The Morgan fingerprint density at radius 1 is 1.42 bits per heavy atom. The lowest BCUT2D eigenvalue weighted by Crippen LogP contribution is -1.78. The molecule has 0 saturated carbocycles. The van der Waals surface area contributed by atoms with Crippen LogP contribution in [-0.2, 0) is 0 Å². The zero-order valence-electron chi connectivity index (χ0n) is 6.49. The molecule has 0 bridgehead atoms. The van der Waals surface area contributed by atoms with E-state index < -0.39 is 0 Å². The third kappa shape index (κ3) is 1.23. The first-order chi connectivity index (χ1) is 5.68. The highest BCUT2D eigenvalue weighted by Crippen LogP contribution is 2.27. The molecule has 0 radical (unpaired) electrons. The summed E-state index contributed by atoms with van der Waals surface area (Å²) in [5.41, 5.74) is 2.38. The molecule has 1 heterocycles. The Kier molecular flexibility index (Phi) is 2.04. The molecule has 0 aliphatic heterocycles. The SMILES string of the molecule is Cc1cc(I)cc2c(Cl)c[nH]c12. The van der Waals surface area contributed by atoms with Crippen molar-refractivity contribution in [3.8, 4) is 0 Å². The van der Waals surface area contributed by atoms with Gasteiger partial charge >= 0.3 is 0 Å². The standard InChI is InChI=1S/C9H7ClIN/c1-5-2-6(11)3-7-8(10)4-12-9(5)7/h2-4,12H,1H3. The average Bonchev–Trinajstić information content (AvgIpc) is 2.33. The first-order valence-corrected chi connectivity index (χ1v) is 5.07.